The van der Waals surface area contributed by atoms with Crippen molar-refractivity contribution in [3.05, 3.63) is 45.5 Å². The molecule has 0 fully saturated rings. The van der Waals surface area contributed by atoms with E-state index in [0.29, 0.717) is 0 Å². The maximum atomic E-state index is 6.02. The molecule has 0 amide bonds. The van der Waals surface area contributed by atoms with E-state index in [0.717, 1.165) is 46.6 Å². The fourth-order valence-corrected chi connectivity index (χ4v) is 2.82. The van der Waals surface area contributed by atoms with Gasteiger partial charge in [-0.1, -0.05) is 11.6 Å². The van der Waals surface area contributed by atoms with Crippen molar-refractivity contribution >= 4 is 33.5 Å². The Morgan fingerprint density at radius 1 is 1.50 bits per heavy atom. The summed E-state index contributed by atoms with van der Waals surface area (Å²) in [4.78, 5) is 6.37. The zero-order valence-corrected chi connectivity index (χ0v) is 15.3. The summed E-state index contributed by atoms with van der Waals surface area (Å²) in [5.74, 6) is 1.77. The minimum Gasteiger partial charge on any atom is -0.454 e. The topological polar surface area (TPSA) is 45.7 Å². The van der Waals surface area contributed by atoms with Gasteiger partial charge >= 0.3 is 0 Å². The SMILES string of the molecule is CN=C(NCCc1ccc(Br)o1)N(C)Cc1cc(Cl)cn1C. The molecule has 0 saturated heterocycles. The third-order valence-corrected chi connectivity index (χ3v) is 3.96. The highest BCUT2D eigenvalue weighted by Gasteiger charge is 2.10. The molecule has 0 bridgehead atoms. The van der Waals surface area contributed by atoms with E-state index in [-0.39, 0.29) is 0 Å². The first-order valence-electron chi connectivity index (χ1n) is 6.96. The summed E-state index contributed by atoms with van der Waals surface area (Å²) >= 11 is 9.32. The van der Waals surface area contributed by atoms with E-state index in [1.54, 1.807) is 7.05 Å². The summed E-state index contributed by atoms with van der Waals surface area (Å²) in [6.07, 6.45) is 2.70. The smallest absolute Gasteiger partial charge is 0.193 e. The highest BCUT2D eigenvalue weighted by molar-refractivity contribution is 9.10. The van der Waals surface area contributed by atoms with Crippen LogP contribution in [0, 0.1) is 0 Å². The molecular weight excluding hydrogens is 368 g/mol. The summed E-state index contributed by atoms with van der Waals surface area (Å²) in [6.45, 7) is 1.49. The summed E-state index contributed by atoms with van der Waals surface area (Å²) in [7, 11) is 5.76. The van der Waals surface area contributed by atoms with Gasteiger partial charge in [-0.05, 0) is 34.1 Å². The van der Waals surface area contributed by atoms with Gasteiger partial charge in [-0.15, -0.1) is 0 Å². The fraction of sp³-hybridized carbons (Fsp3) is 0.400. The standard InChI is InChI=1S/C15H20BrClN4O/c1-18-15(19-7-6-13-4-5-14(16)22-13)21(3)10-12-8-11(17)9-20(12)2/h4-5,8-9H,6-7,10H2,1-3H3,(H,18,19). The lowest BCUT2D eigenvalue weighted by Gasteiger charge is -2.22. The normalized spacial score (nSPS) is 11.8. The number of guanidine groups is 1. The van der Waals surface area contributed by atoms with Crippen LogP contribution in [0.25, 0.3) is 0 Å². The summed E-state index contributed by atoms with van der Waals surface area (Å²) < 4.78 is 8.25. The van der Waals surface area contributed by atoms with Gasteiger partial charge < -0.3 is 19.2 Å². The molecule has 2 aromatic rings. The number of rotatable bonds is 5. The molecule has 1 N–H and O–H groups in total. The average molecular weight is 388 g/mol. The van der Waals surface area contributed by atoms with E-state index in [1.807, 2.05) is 43.1 Å². The average Bonchev–Trinajstić information content (AvgIpc) is 3.01. The molecule has 5 nitrogen and oxygen atoms in total. The number of hydrogen-bond donors (Lipinski definition) is 1. The van der Waals surface area contributed by atoms with Crippen LogP contribution >= 0.6 is 27.5 Å². The van der Waals surface area contributed by atoms with Gasteiger partial charge in [-0.25, -0.2) is 0 Å². The minimum absolute atomic E-state index is 0.731. The van der Waals surface area contributed by atoms with E-state index in [9.17, 15) is 0 Å². The van der Waals surface area contributed by atoms with Crippen LogP contribution < -0.4 is 5.32 Å². The highest BCUT2D eigenvalue weighted by atomic mass is 79.9. The Morgan fingerprint density at radius 2 is 2.27 bits per heavy atom. The van der Waals surface area contributed by atoms with Gasteiger partial charge in [0.05, 0.1) is 11.6 Å². The number of aryl methyl sites for hydroxylation is 1. The van der Waals surface area contributed by atoms with Gasteiger partial charge in [0.1, 0.15) is 5.76 Å². The van der Waals surface area contributed by atoms with Crippen LogP contribution in [-0.2, 0) is 20.0 Å². The van der Waals surface area contributed by atoms with Crippen molar-refractivity contribution < 1.29 is 4.42 Å². The van der Waals surface area contributed by atoms with E-state index < -0.39 is 0 Å². The highest BCUT2D eigenvalue weighted by Crippen LogP contribution is 2.15. The first-order valence-corrected chi connectivity index (χ1v) is 8.13. The number of halogens is 2. The number of nitrogens with one attached hydrogen (secondary N) is 1. The van der Waals surface area contributed by atoms with Gasteiger partial charge in [0.15, 0.2) is 10.6 Å². The van der Waals surface area contributed by atoms with Crippen LogP contribution in [0.2, 0.25) is 5.02 Å². The molecule has 2 aromatic heterocycles. The monoisotopic (exact) mass is 386 g/mol. The lowest BCUT2D eigenvalue weighted by molar-refractivity contribution is 0.455. The zero-order chi connectivity index (χ0) is 16.1. The maximum Gasteiger partial charge on any atom is 0.193 e. The Morgan fingerprint density at radius 3 is 2.82 bits per heavy atom. The van der Waals surface area contributed by atoms with Gasteiger partial charge in [0.2, 0.25) is 0 Å². The predicted molar refractivity (Wildman–Crippen MR) is 93.4 cm³/mol. The molecule has 0 aliphatic carbocycles. The Labute approximate surface area is 144 Å². The largest absolute Gasteiger partial charge is 0.454 e. The molecule has 2 heterocycles. The van der Waals surface area contributed by atoms with E-state index in [1.165, 1.54) is 0 Å². The molecule has 120 valence electrons. The fourth-order valence-electron chi connectivity index (χ4n) is 2.21. The number of furan rings is 1. The lowest BCUT2D eigenvalue weighted by atomic mass is 10.3. The first-order chi connectivity index (χ1) is 10.5. The number of aliphatic imine (C=N–C) groups is 1. The summed E-state index contributed by atoms with van der Waals surface area (Å²) in [5, 5.41) is 4.08. The van der Waals surface area contributed by atoms with E-state index in [2.05, 4.69) is 31.1 Å². The Bertz CT molecular complexity index is 650. The van der Waals surface area contributed by atoms with Gasteiger partial charge in [-0.3, -0.25) is 4.99 Å². The van der Waals surface area contributed by atoms with Crippen molar-refractivity contribution in [2.24, 2.45) is 12.0 Å². The lowest BCUT2D eigenvalue weighted by Crippen LogP contribution is -2.39. The Kier molecular flexibility index (Phi) is 5.97. The second-order valence-corrected chi connectivity index (χ2v) is 6.26. The van der Waals surface area contributed by atoms with Crippen molar-refractivity contribution in [3.63, 3.8) is 0 Å². The quantitative estimate of drug-likeness (QED) is 0.632. The maximum absolute atomic E-state index is 6.02. The molecule has 0 saturated carbocycles. The van der Waals surface area contributed by atoms with Crippen LogP contribution in [0.3, 0.4) is 0 Å². The van der Waals surface area contributed by atoms with Gasteiger partial charge in [0.25, 0.3) is 0 Å². The van der Waals surface area contributed by atoms with Crippen molar-refractivity contribution in [3.8, 4) is 0 Å². The molecule has 0 atom stereocenters. The molecule has 2 rings (SSSR count). The molecule has 0 unspecified atom stereocenters. The predicted octanol–water partition coefficient (Wildman–Crippen LogP) is 3.28. The van der Waals surface area contributed by atoms with E-state index in [4.69, 9.17) is 16.0 Å². The molecule has 0 aliphatic rings. The van der Waals surface area contributed by atoms with Gasteiger partial charge in [0, 0.05) is 46.0 Å². The van der Waals surface area contributed by atoms with Crippen LogP contribution in [0.4, 0.5) is 0 Å². The third-order valence-electron chi connectivity index (χ3n) is 3.33. The molecule has 7 heteroatoms. The summed E-state index contributed by atoms with van der Waals surface area (Å²) in [6, 6.07) is 5.82. The minimum atomic E-state index is 0.731. The molecule has 0 spiro atoms. The van der Waals surface area contributed by atoms with Crippen LogP contribution in [0.5, 0.6) is 0 Å². The number of aromatic nitrogens is 1. The van der Waals surface area contributed by atoms with Crippen LogP contribution in [0.1, 0.15) is 11.5 Å². The third kappa shape index (κ3) is 4.55. The molecule has 0 aliphatic heterocycles. The molecule has 0 aromatic carbocycles. The zero-order valence-electron chi connectivity index (χ0n) is 12.9. The summed E-state index contributed by atoms with van der Waals surface area (Å²) in [5.41, 5.74) is 1.13. The number of nitrogens with zero attached hydrogens (tertiary/aromatic N) is 3. The van der Waals surface area contributed by atoms with Crippen LogP contribution in [0.15, 0.2) is 38.5 Å². The van der Waals surface area contributed by atoms with Crippen molar-refractivity contribution in [2.45, 2.75) is 13.0 Å². The Balaban J connectivity index is 1.86. The number of hydrogen-bond acceptors (Lipinski definition) is 2. The van der Waals surface area contributed by atoms with Crippen LogP contribution in [-0.4, -0.2) is 36.1 Å². The first kappa shape index (κ1) is 17.0. The molecule has 0 radical (unpaired) electrons. The Hall–Kier alpha value is -1.40. The van der Waals surface area contributed by atoms with Gasteiger partial charge in [-0.2, -0.15) is 0 Å². The van der Waals surface area contributed by atoms with E-state index >= 15 is 0 Å². The van der Waals surface area contributed by atoms with Crippen molar-refractivity contribution in [1.29, 1.82) is 0 Å². The van der Waals surface area contributed by atoms with Crippen molar-refractivity contribution in [1.82, 2.24) is 14.8 Å². The van der Waals surface area contributed by atoms with Crippen molar-refractivity contribution in [2.75, 3.05) is 20.6 Å². The second kappa shape index (κ2) is 7.74. The molecule has 22 heavy (non-hydrogen) atoms. The molecular formula is C15H20BrClN4O. The second-order valence-electron chi connectivity index (χ2n) is 5.05.